The maximum atomic E-state index is 12.8. The molecule has 0 atom stereocenters. The number of benzene rings is 2. The molecule has 0 saturated carbocycles. The van der Waals surface area contributed by atoms with Crippen molar-refractivity contribution in [2.24, 2.45) is 0 Å². The summed E-state index contributed by atoms with van der Waals surface area (Å²) in [5.74, 6) is 1.82. The Bertz CT molecular complexity index is 1280. The van der Waals surface area contributed by atoms with Crippen LogP contribution >= 0.6 is 11.6 Å². The molecule has 0 unspecified atom stereocenters. The van der Waals surface area contributed by atoms with Crippen molar-refractivity contribution in [1.82, 2.24) is 14.9 Å². The van der Waals surface area contributed by atoms with Crippen molar-refractivity contribution in [3.63, 3.8) is 0 Å². The summed E-state index contributed by atoms with van der Waals surface area (Å²) in [6.45, 7) is 1.41. The number of aromatic nitrogens is 2. The number of piperidine rings is 1. The number of ether oxygens (including phenoxy) is 2. The van der Waals surface area contributed by atoms with Gasteiger partial charge in [0.15, 0.2) is 6.61 Å². The summed E-state index contributed by atoms with van der Waals surface area (Å²) in [4.78, 5) is 22.4. The quantitative estimate of drug-likeness (QED) is 0.456. The molecule has 1 N–H and O–H groups in total. The topological polar surface area (TPSA) is 67.5 Å². The van der Waals surface area contributed by atoms with E-state index in [4.69, 9.17) is 21.1 Å². The van der Waals surface area contributed by atoms with Gasteiger partial charge in [-0.1, -0.05) is 11.6 Å². The fraction of sp³-hybridized carbons (Fsp3) is 0.280. The van der Waals surface area contributed by atoms with E-state index in [1.54, 1.807) is 25.4 Å². The highest BCUT2D eigenvalue weighted by Gasteiger charge is 2.26. The number of carbonyl (C=O) groups excluding carboxylic acids is 1. The van der Waals surface area contributed by atoms with Crippen molar-refractivity contribution in [2.45, 2.75) is 18.8 Å². The van der Waals surface area contributed by atoms with Gasteiger partial charge in [-0.05, 0) is 66.8 Å². The number of likely N-dealkylation sites (tertiary alicyclic amines) is 1. The van der Waals surface area contributed by atoms with Gasteiger partial charge >= 0.3 is 0 Å². The first-order chi connectivity index (χ1) is 15.6. The molecule has 0 spiro atoms. The van der Waals surface area contributed by atoms with Crippen LogP contribution in [0.5, 0.6) is 11.5 Å². The van der Waals surface area contributed by atoms with Crippen molar-refractivity contribution in [2.75, 3.05) is 26.8 Å². The third kappa shape index (κ3) is 3.86. The average molecular weight is 450 g/mol. The van der Waals surface area contributed by atoms with Crippen LogP contribution in [0.25, 0.3) is 21.8 Å². The van der Waals surface area contributed by atoms with E-state index in [2.05, 4.69) is 22.2 Å². The van der Waals surface area contributed by atoms with Crippen LogP contribution in [0.15, 0.2) is 54.9 Å². The van der Waals surface area contributed by atoms with E-state index >= 15 is 0 Å². The van der Waals surface area contributed by atoms with Gasteiger partial charge in [0.25, 0.3) is 5.91 Å². The number of amides is 1. The summed E-state index contributed by atoms with van der Waals surface area (Å²) in [5, 5.41) is 2.62. The molecule has 4 aromatic rings. The molecular formula is C25H24ClN3O3. The Kier molecular flexibility index (Phi) is 5.62. The zero-order valence-electron chi connectivity index (χ0n) is 17.8. The second-order valence-corrected chi connectivity index (χ2v) is 8.45. The lowest BCUT2D eigenvalue weighted by molar-refractivity contribution is -0.134. The molecule has 2 aromatic carbocycles. The van der Waals surface area contributed by atoms with Gasteiger partial charge in [0.05, 0.1) is 12.1 Å². The van der Waals surface area contributed by atoms with Crippen LogP contribution in [-0.4, -0.2) is 47.6 Å². The smallest absolute Gasteiger partial charge is 0.260 e. The normalized spacial score (nSPS) is 14.8. The maximum Gasteiger partial charge on any atom is 0.260 e. The summed E-state index contributed by atoms with van der Waals surface area (Å²) in [6.07, 6.45) is 5.62. The standard InChI is InChI=1S/C25H24ClN3O3/c1-31-17-4-6-22-19(13-17)20(14-28-22)16-8-11-29(12-9-16)24(30)15-32-23-7-5-21(26)18-3-2-10-27-25(18)23/h2-7,10,13-14,16,28H,8-9,11-12,15H2,1H3. The van der Waals surface area contributed by atoms with Crippen LogP contribution < -0.4 is 9.47 Å². The molecule has 7 heteroatoms. The molecule has 1 aliphatic rings. The van der Waals surface area contributed by atoms with E-state index in [0.29, 0.717) is 35.3 Å². The number of halogens is 1. The molecular weight excluding hydrogens is 426 g/mol. The molecule has 6 nitrogen and oxygen atoms in total. The van der Waals surface area contributed by atoms with E-state index in [-0.39, 0.29) is 12.5 Å². The molecule has 3 heterocycles. The second kappa shape index (κ2) is 8.71. The van der Waals surface area contributed by atoms with Gasteiger partial charge in [0.1, 0.15) is 17.0 Å². The highest BCUT2D eigenvalue weighted by Crippen LogP contribution is 2.35. The third-order valence-electron chi connectivity index (χ3n) is 6.24. The van der Waals surface area contributed by atoms with Crippen LogP contribution in [0.2, 0.25) is 5.02 Å². The van der Waals surface area contributed by atoms with Crippen molar-refractivity contribution >= 4 is 39.3 Å². The van der Waals surface area contributed by atoms with Crippen LogP contribution in [-0.2, 0) is 4.79 Å². The van der Waals surface area contributed by atoms with Crippen LogP contribution in [0, 0.1) is 0 Å². The minimum absolute atomic E-state index is 0.0110. The molecule has 0 radical (unpaired) electrons. The molecule has 5 rings (SSSR count). The number of methoxy groups -OCH3 is 1. The molecule has 164 valence electrons. The minimum Gasteiger partial charge on any atom is -0.497 e. The van der Waals surface area contributed by atoms with Gasteiger partial charge in [0, 0.05) is 41.8 Å². The Morgan fingerprint density at radius 3 is 2.84 bits per heavy atom. The SMILES string of the molecule is COc1ccc2[nH]cc(C3CCN(C(=O)COc4ccc(Cl)c5cccnc45)CC3)c2c1. The Hall–Kier alpha value is -3.25. The number of nitrogens with zero attached hydrogens (tertiary/aromatic N) is 2. The molecule has 1 fully saturated rings. The summed E-state index contributed by atoms with van der Waals surface area (Å²) in [6, 6.07) is 13.3. The van der Waals surface area contributed by atoms with Gasteiger partial charge in [0.2, 0.25) is 0 Å². The van der Waals surface area contributed by atoms with Crippen LogP contribution in [0.3, 0.4) is 0 Å². The van der Waals surface area contributed by atoms with E-state index in [0.717, 1.165) is 29.5 Å². The molecule has 0 aliphatic carbocycles. The lowest BCUT2D eigenvalue weighted by atomic mass is 9.89. The van der Waals surface area contributed by atoms with Gasteiger partial charge in [-0.2, -0.15) is 0 Å². The van der Waals surface area contributed by atoms with Crippen LogP contribution in [0.4, 0.5) is 0 Å². The monoisotopic (exact) mass is 449 g/mol. The van der Waals surface area contributed by atoms with E-state index in [1.165, 1.54) is 10.9 Å². The fourth-order valence-electron chi connectivity index (χ4n) is 4.49. The van der Waals surface area contributed by atoms with Gasteiger partial charge in [-0.15, -0.1) is 0 Å². The first-order valence-corrected chi connectivity index (χ1v) is 11.1. The number of rotatable bonds is 5. The Morgan fingerprint density at radius 2 is 2.03 bits per heavy atom. The predicted molar refractivity (Wildman–Crippen MR) is 126 cm³/mol. The summed E-state index contributed by atoms with van der Waals surface area (Å²) >= 11 is 6.24. The Balaban J connectivity index is 1.23. The lowest BCUT2D eigenvalue weighted by Gasteiger charge is -2.32. The second-order valence-electron chi connectivity index (χ2n) is 8.04. The van der Waals surface area contributed by atoms with Crippen LogP contribution in [0.1, 0.15) is 24.3 Å². The molecule has 0 bridgehead atoms. The van der Waals surface area contributed by atoms with E-state index in [1.807, 2.05) is 29.2 Å². The number of hydrogen-bond donors (Lipinski definition) is 1. The van der Waals surface area contributed by atoms with E-state index < -0.39 is 0 Å². The number of aromatic amines is 1. The third-order valence-corrected chi connectivity index (χ3v) is 6.57. The Morgan fingerprint density at radius 1 is 1.19 bits per heavy atom. The van der Waals surface area contributed by atoms with Gasteiger partial charge in [-0.25, -0.2) is 0 Å². The summed E-state index contributed by atoms with van der Waals surface area (Å²) in [7, 11) is 1.68. The van der Waals surface area contributed by atoms with Crippen molar-refractivity contribution < 1.29 is 14.3 Å². The highest BCUT2D eigenvalue weighted by atomic mass is 35.5. The minimum atomic E-state index is -0.0116. The predicted octanol–water partition coefficient (Wildman–Crippen LogP) is 5.16. The number of hydrogen-bond acceptors (Lipinski definition) is 4. The van der Waals surface area contributed by atoms with Gasteiger partial charge in [-0.3, -0.25) is 9.78 Å². The van der Waals surface area contributed by atoms with E-state index in [9.17, 15) is 4.79 Å². The van der Waals surface area contributed by atoms with Crippen molar-refractivity contribution in [3.8, 4) is 11.5 Å². The van der Waals surface area contributed by atoms with Gasteiger partial charge < -0.3 is 19.4 Å². The number of H-pyrrole nitrogens is 1. The first kappa shape index (κ1) is 20.6. The summed E-state index contributed by atoms with van der Waals surface area (Å²) < 4.78 is 11.2. The summed E-state index contributed by atoms with van der Waals surface area (Å²) in [5.41, 5.74) is 3.07. The molecule has 1 amide bonds. The number of fused-ring (bicyclic) bond motifs is 2. The molecule has 1 aliphatic heterocycles. The fourth-order valence-corrected chi connectivity index (χ4v) is 4.70. The number of pyridine rings is 1. The highest BCUT2D eigenvalue weighted by molar-refractivity contribution is 6.35. The zero-order chi connectivity index (χ0) is 22.1. The lowest BCUT2D eigenvalue weighted by Crippen LogP contribution is -2.40. The molecule has 1 saturated heterocycles. The Labute approximate surface area is 191 Å². The van der Waals surface area contributed by atoms with Crippen molar-refractivity contribution in [3.05, 3.63) is 65.4 Å². The number of carbonyl (C=O) groups is 1. The van der Waals surface area contributed by atoms with Crippen molar-refractivity contribution in [1.29, 1.82) is 0 Å². The molecule has 2 aromatic heterocycles. The average Bonchev–Trinajstić information content (AvgIpc) is 3.27. The maximum absolute atomic E-state index is 12.8. The molecule has 32 heavy (non-hydrogen) atoms. The largest absolute Gasteiger partial charge is 0.497 e. The number of nitrogens with one attached hydrogen (secondary N) is 1. The zero-order valence-corrected chi connectivity index (χ0v) is 18.6. The first-order valence-electron chi connectivity index (χ1n) is 10.7.